The predicted octanol–water partition coefficient (Wildman–Crippen LogP) is 2.15. The van der Waals surface area contributed by atoms with Gasteiger partial charge >= 0.3 is 0 Å². The summed E-state index contributed by atoms with van der Waals surface area (Å²) in [5.74, 6) is 0.0506. The number of pyridine rings is 1. The third-order valence-electron chi connectivity index (χ3n) is 2.47. The molecule has 2 N–H and O–H groups in total. The van der Waals surface area contributed by atoms with E-state index in [1.807, 2.05) is 19.1 Å². The first-order chi connectivity index (χ1) is 7.65. The number of aromatic nitrogens is 1. The fourth-order valence-electron chi connectivity index (χ4n) is 1.74. The van der Waals surface area contributed by atoms with Crippen LogP contribution in [0.5, 0.6) is 5.88 Å². The molecule has 0 unspecified atom stereocenters. The SMILES string of the molecule is COc1nc2c(F)cc(C)cc2cc1CN. The minimum atomic E-state index is -0.336. The Hall–Kier alpha value is -1.68. The molecular weight excluding hydrogens is 207 g/mol. The molecule has 84 valence electrons. The lowest BCUT2D eigenvalue weighted by molar-refractivity contribution is 0.394. The maximum Gasteiger partial charge on any atom is 0.218 e. The lowest BCUT2D eigenvalue weighted by Crippen LogP contribution is -2.02. The summed E-state index contributed by atoms with van der Waals surface area (Å²) < 4.78 is 18.7. The zero-order valence-electron chi connectivity index (χ0n) is 9.25. The lowest BCUT2D eigenvalue weighted by Gasteiger charge is -2.08. The standard InChI is InChI=1S/C12H13FN2O/c1-7-3-8-5-9(6-14)12(16-2)15-11(8)10(13)4-7/h3-5H,6,14H2,1-2H3. The first-order valence-electron chi connectivity index (χ1n) is 4.99. The van der Waals surface area contributed by atoms with Crippen LogP contribution in [0.1, 0.15) is 11.1 Å². The Morgan fingerprint density at radius 2 is 2.12 bits per heavy atom. The summed E-state index contributed by atoms with van der Waals surface area (Å²) >= 11 is 0. The zero-order valence-corrected chi connectivity index (χ0v) is 9.25. The van der Waals surface area contributed by atoms with Gasteiger partial charge in [0.15, 0.2) is 0 Å². The summed E-state index contributed by atoms with van der Waals surface area (Å²) in [4.78, 5) is 4.13. The molecule has 0 bridgehead atoms. The van der Waals surface area contributed by atoms with Crippen LogP contribution in [0.4, 0.5) is 4.39 Å². The van der Waals surface area contributed by atoms with E-state index in [1.54, 1.807) is 0 Å². The summed E-state index contributed by atoms with van der Waals surface area (Å²) in [7, 11) is 1.50. The maximum absolute atomic E-state index is 13.6. The van der Waals surface area contributed by atoms with Crippen molar-refractivity contribution in [1.29, 1.82) is 0 Å². The second-order valence-electron chi connectivity index (χ2n) is 3.68. The van der Waals surface area contributed by atoms with Crippen molar-refractivity contribution in [2.24, 2.45) is 5.73 Å². The van der Waals surface area contributed by atoms with E-state index >= 15 is 0 Å². The number of aryl methyl sites for hydroxylation is 1. The van der Waals surface area contributed by atoms with Gasteiger partial charge in [-0.3, -0.25) is 0 Å². The summed E-state index contributed by atoms with van der Waals surface area (Å²) in [6.07, 6.45) is 0. The number of hydrogen-bond donors (Lipinski definition) is 1. The van der Waals surface area contributed by atoms with Crippen LogP contribution in [0.3, 0.4) is 0 Å². The molecule has 1 aromatic carbocycles. The van der Waals surface area contributed by atoms with Gasteiger partial charge in [0, 0.05) is 17.5 Å². The number of fused-ring (bicyclic) bond motifs is 1. The van der Waals surface area contributed by atoms with Crippen LogP contribution in [0.15, 0.2) is 18.2 Å². The Morgan fingerprint density at radius 3 is 2.75 bits per heavy atom. The highest BCUT2D eigenvalue weighted by Gasteiger charge is 2.09. The van der Waals surface area contributed by atoms with Crippen molar-refractivity contribution in [3.63, 3.8) is 0 Å². The molecule has 0 saturated heterocycles. The van der Waals surface area contributed by atoms with Gasteiger partial charge in [-0.2, -0.15) is 0 Å². The maximum atomic E-state index is 13.6. The minimum absolute atomic E-state index is 0.319. The lowest BCUT2D eigenvalue weighted by atomic mass is 10.1. The Labute approximate surface area is 93.0 Å². The van der Waals surface area contributed by atoms with Gasteiger partial charge in [0.25, 0.3) is 0 Å². The van der Waals surface area contributed by atoms with Crippen molar-refractivity contribution >= 4 is 10.9 Å². The zero-order chi connectivity index (χ0) is 11.7. The summed E-state index contributed by atoms with van der Waals surface area (Å²) in [5, 5.41) is 0.749. The van der Waals surface area contributed by atoms with Gasteiger partial charge in [-0.15, -0.1) is 0 Å². The summed E-state index contributed by atoms with van der Waals surface area (Å²) in [6.45, 7) is 2.16. The molecule has 16 heavy (non-hydrogen) atoms. The number of rotatable bonds is 2. The first-order valence-corrected chi connectivity index (χ1v) is 4.99. The molecular formula is C12H13FN2O. The topological polar surface area (TPSA) is 48.1 Å². The molecule has 1 heterocycles. The van der Waals surface area contributed by atoms with Crippen LogP contribution in [-0.4, -0.2) is 12.1 Å². The average Bonchev–Trinajstić information content (AvgIpc) is 2.27. The fourth-order valence-corrected chi connectivity index (χ4v) is 1.74. The van der Waals surface area contributed by atoms with Gasteiger partial charge in [0.2, 0.25) is 5.88 Å². The number of halogens is 1. The monoisotopic (exact) mass is 220 g/mol. The van der Waals surface area contributed by atoms with Gasteiger partial charge in [-0.1, -0.05) is 0 Å². The third-order valence-corrected chi connectivity index (χ3v) is 2.47. The van der Waals surface area contributed by atoms with Crippen LogP contribution >= 0.6 is 0 Å². The molecule has 0 amide bonds. The van der Waals surface area contributed by atoms with Crippen LogP contribution in [0.2, 0.25) is 0 Å². The molecule has 2 aromatic rings. The Bertz CT molecular complexity index is 540. The molecule has 0 aliphatic carbocycles. The quantitative estimate of drug-likeness (QED) is 0.843. The fraction of sp³-hybridized carbons (Fsp3) is 0.250. The third kappa shape index (κ3) is 1.72. The highest BCUT2D eigenvalue weighted by atomic mass is 19.1. The van der Waals surface area contributed by atoms with Gasteiger partial charge in [-0.05, 0) is 30.7 Å². The number of nitrogens with zero attached hydrogens (tertiary/aromatic N) is 1. The van der Waals surface area contributed by atoms with Gasteiger partial charge in [0.1, 0.15) is 11.3 Å². The van der Waals surface area contributed by atoms with E-state index in [0.717, 1.165) is 16.5 Å². The van der Waals surface area contributed by atoms with E-state index in [0.29, 0.717) is 17.9 Å². The van der Waals surface area contributed by atoms with Crippen molar-refractivity contribution in [1.82, 2.24) is 4.98 Å². The summed E-state index contributed by atoms with van der Waals surface area (Å²) in [5.41, 5.74) is 7.54. The number of nitrogens with two attached hydrogens (primary N) is 1. The number of methoxy groups -OCH3 is 1. The summed E-state index contributed by atoms with van der Waals surface area (Å²) in [6, 6.07) is 5.15. The van der Waals surface area contributed by atoms with E-state index in [4.69, 9.17) is 10.5 Å². The van der Waals surface area contributed by atoms with E-state index in [-0.39, 0.29) is 5.82 Å². The van der Waals surface area contributed by atoms with Crippen LogP contribution < -0.4 is 10.5 Å². The first kappa shape index (κ1) is 10.8. The molecule has 2 rings (SSSR count). The molecule has 0 saturated carbocycles. The van der Waals surface area contributed by atoms with E-state index in [2.05, 4.69) is 4.98 Å². The smallest absolute Gasteiger partial charge is 0.218 e. The average molecular weight is 220 g/mol. The second-order valence-corrected chi connectivity index (χ2v) is 3.68. The highest BCUT2D eigenvalue weighted by Crippen LogP contribution is 2.24. The number of benzene rings is 1. The van der Waals surface area contributed by atoms with E-state index in [1.165, 1.54) is 13.2 Å². The van der Waals surface area contributed by atoms with E-state index < -0.39 is 0 Å². The molecule has 0 radical (unpaired) electrons. The van der Waals surface area contributed by atoms with Crippen LogP contribution in [0.25, 0.3) is 10.9 Å². The molecule has 0 spiro atoms. The van der Waals surface area contributed by atoms with Crippen molar-refractivity contribution in [2.75, 3.05) is 7.11 Å². The van der Waals surface area contributed by atoms with Crippen molar-refractivity contribution in [2.45, 2.75) is 13.5 Å². The van der Waals surface area contributed by atoms with Crippen molar-refractivity contribution in [3.8, 4) is 5.88 Å². The molecule has 0 aliphatic rings. The van der Waals surface area contributed by atoms with Crippen LogP contribution in [0, 0.1) is 12.7 Å². The van der Waals surface area contributed by atoms with E-state index in [9.17, 15) is 4.39 Å². The number of hydrogen-bond acceptors (Lipinski definition) is 3. The second kappa shape index (κ2) is 4.06. The Kier molecular flexibility index (Phi) is 2.75. The Balaban J connectivity index is 2.78. The molecule has 0 atom stereocenters. The predicted molar refractivity (Wildman–Crippen MR) is 60.9 cm³/mol. The molecule has 1 aromatic heterocycles. The van der Waals surface area contributed by atoms with Crippen LogP contribution in [-0.2, 0) is 6.54 Å². The largest absolute Gasteiger partial charge is 0.481 e. The van der Waals surface area contributed by atoms with Gasteiger partial charge in [-0.25, -0.2) is 9.37 Å². The minimum Gasteiger partial charge on any atom is -0.481 e. The molecule has 0 aliphatic heterocycles. The molecule has 4 heteroatoms. The van der Waals surface area contributed by atoms with Crippen molar-refractivity contribution in [3.05, 3.63) is 35.1 Å². The van der Waals surface area contributed by atoms with Gasteiger partial charge in [0.05, 0.1) is 7.11 Å². The van der Waals surface area contributed by atoms with Gasteiger partial charge < -0.3 is 10.5 Å². The molecule has 3 nitrogen and oxygen atoms in total. The number of ether oxygens (including phenoxy) is 1. The molecule has 0 fully saturated rings. The Morgan fingerprint density at radius 1 is 1.38 bits per heavy atom. The normalized spacial score (nSPS) is 10.8. The highest BCUT2D eigenvalue weighted by molar-refractivity contribution is 5.81. The van der Waals surface area contributed by atoms with Crippen molar-refractivity contribution < 1.29 is 9.13 Å².